The third kappa shape index (κ3) is 2.30. The molecule has 1 aliphatic rings. The van der Waals surface area contributed by atoms with Crippen LogP contribution in [0.4, 0.5) is 5.82 Å². The second-order valence-electron chi connectivity index (χ2n) is 4.75. The molecular weight excluding hydrogens is 290 g/mol. The van der Waals surface area contributed by atoms with Gasteiger partial charge in [0.1, 0.15) is 16.9 Å². The molecule has 0 amide bonds. The monoisotopic (exact) mass is 299 g/mol. The number of fused-ring (bicyclic) bond motifs is 1. The zero-order chi connectivity index (χ0) is 15.0. The molecule has 3 rings (SSSR count). The van der Waals surface area contributed by atoms with E-state index in [-0.39, 0.29) is 5.56 Å². The first kappa shape index (κ1) is 13.4. The molecule has 1 aliphatic heterocycles. The van der Waals surface area contributed by atoms with Gasteiger partial charge in [-0.3, -0.25) is 0 Å². The second-order valence-corrected chi connectivity index (χ2v) is 5.13. The summed E-state index contributed by atoms with van der Waals surface area (Å²) >= 11 is 6.19. The van der Waals surface area contributed by atoms with Crippen molar-refractivity contribution in [3.63, 3.8) is 0 Å². The summed E-state index contributed by atoms with van der Waals surface area (Å²) in [7, 11) is 0. The van der Waals surface area contributed by atoms with Crippen molar-refractivity contribution in [3.05, 3.63) is 57.7 Å². The molecule has 6 heteroatoms. The van der Waals surface area contributed by atoms with Gasteiger partial charge in [-0.1, -0.05) is 17.7 Å². The van der Waals surface area contributed by atoms with Gasteiger partial charge in [-0.25, -0.2) is 9.78 Å². The van der Waals surface area contributed by atoms with Gasteiger partial charge in [0.25, 0.3) is 0 Å². The molecule has 0 fully saturated rings. The minimum absolute atomic E-state index is 0.264. The Hall–Kier alpha value is -2.58. The Bertz CT molecular complexity index is 783. The lowest BCUT2D eigenvalue weighted by Crippen LogP contribution is -2.16. The predicted octanol–water partition coefficient (Wildman–Crippen LogP) is 2.83. The molecule has 0 bridgehead atoms. The van der Waals surface area contributed by atoms with Crippen LogP contribution in [0.15, 0.2) is 30.5 Å². The van der Waals surface area contributed by atoms with Crippen LogP contribution in [0.25, 0.3) is 0 Å². The lowest BCUT2D eigenvalue weighted by atomic mass is 10.1. The fraction of sp³-hybridized carbons (Fsp3) is 0.133. The average molecular weight is 300 g/mol. The largest absolute Gasteiger partial charge is 0.478 e. The Kier molecular flexibility index (Phi) is 3.24. The molecule has 2 aromatic rings. The van der Waals surface area contributed by atoms with Crippen molar-refractivity contribution in [3.8, 4) is 6.07 Å². The van der Waals surface area contributed by atoms with Crippen molar-refractivity contribution in [2.45, 2.75) is 13.1 Å². The van der Waals surface area contributed by atoms with Gasteiger partial charge in [0.15, 0.2) is 0 Å². The third-order valence-electron chi connectivity index (χ3n) is 3.47. The van der Waals surface area contributed by atoms with E-state index in [0.717, 1.165) is 11.1 Å². The molecule has 0 aliphatic carbocycles. The molecule has 0 atom stereocenters. The maximum Gasteiger partial charge on any atom is 0.335 e. The van der Waals surface area contributed by atoms with Crippen molar-refractivity contribution in [2.24, 2.45) is 0 Å². The fourth-order valence-corrected chi connectivity index (χ4v) is 2.69. The van der Waals surface area contributed by atoms with Gasteiger partial charge in [0, 0.05) is 19.3 Å². The summed E-state index contributed by atoms with van der Waals surface area (Å²) in [6.45, 7) is 1.12. The molecule has 21 heavy (non-hydrogen) atoms. The molecule has 0 saturated carbocycles. The number of carbonyl (C=O) groups is 1. The number of rotatable bonds is 2. The maximum atomic E-state index is 11.0. The Balaban J connectivity index is 1.95. The van der Waals surface area contributed by atoms with E-state index in [9.17, 15) is 4.79 Å². The molecule has 1 aromatic carbocycles. The number of anilines is 1. The van der Waals surface area contributed by atoms with Gasteiger partial charge < -0.3 is 10.0 Å². The van der Waals surface area contributed by atoms with E-state index in [1.54, 1.807) is 30.5 Å². The highest BCUT2D eigenvalue weighted by Crippen LogP contribution is 2.33. The average Bonchev–Trinajstić information content (AvgIpc) is 2.90. The van der Waals surface area contributed by atoms with Gasteiger partial charge in [0.05, 0.1) is 11.1 Å². The van der Waals surface area contributed by atoms with Crippen molar-refractivity contribution in [2.75, 3.05) is 4.90 Å². The predicted molar refractivity (Wildman–Crippen MR) is 77.3 cm³/mol. The van der Waals surface area contributed by atoms with Crippen LogP contribution in [-0.2, 0) is 13.1 Å². The maximum absolute atomic E-state index is 11.0. The summed E-state index contributed by atoms with van der Waals surface area (Å²) in [4.78, 5) is 17.2. The van der Waals surface area contributed by atoms with Gasteiger partial charge in [0.2, 0.25) is 0 Å². The quantitative estimate of drug-likeness (QED) is 0.922. The van der Waals surface area contributed by atoms with Gasteiger partial charge in [-0.15, -0.1) is 0 Å². The Morgan fingerprint density at radius 2 is 2.10 bits per heavy atom. The number of nitriles is 1. The molecule has 1 N–H and O–H groups in total. The van der Waals surface area contributed by atoms with Crippen LogP contribution >= 0.6 is 11.6 Å². The normalized spacial score (nSPS) is 12.9. The molecule has 0 unspecified atom stereocenters. The van der Waals surface area contributed by atoms with E-state index in [2.05, 4.69) is 4.98 Å². The molecule has 0 saturated heterocycles. The molecule has 0 spiro atoms. The zero-order valence-corrected chi connectivity index (χ0v) is 11.6. The van der Waals surface area contributed by atoms with Gasteiger partial charge >= 0.3 is 5.97 Å². The number of aromatic nitrogens is 1. The molecule has 104 valence electrons. The van der Waals surface area contributed by atoms with E-state index in [1.807, 2.05) is 11.0 Å². The van der Waals surface area contributed by atoms with Crippen LogP contribution in [0.2, 0.25) is 5.02 Å². The molecule has 2 heterocycles. The van der Waals surface area contributed by atoms with E-state index >= 15 is 0 Å². The van der Waals surface area contributed by atoms with Crippen LogP contribution < -0.4 is 4.90 Å². The van der Waals surface area contributed by atoms with Crippen LogP contribution in [-0.4, -0.2) is 16.1 Å². The van der Waals surface area contributed by atoms with Crippen molar-refractivity contribution in [1.29, 1.82) is 5.26 Å². The standard InChI is InChI=1S/C15H10ClN3O2/c16-13-10(6-17)3-4-18-14(13)19-7-11-2-1-9(15(20)21)5-12(11)8-19/h1-5H,7-8H2,(H,20,21). The number of benzene rings is 1. The second kappa shape index (κ2) is 5.08. The molecule has 0 radical (unpaired) electrons. The van der Waals surface area contributed by atoms with Gasteiger partial charge in [-0.2, -0.15) is 5.26 Å². The van der Waals surface area contributed by atoms with E-state index in [1.165, 1.54) is 0 Å². The number of hydrogen-bond donors (Lipinski definition) is 1. The Labute approximate surface area is 126 Å². The summed E-state index contributed by atoms with van der Waals surface area (Å²) in [5.74, 6) is -0.400. The van der Waals surface area contributed by atoms with Crippen molar-refractivity contribution >= 4 is 23.4 Å². The lowest BCUT2D eigenvalue weighted by Gasteiger charge is -2.17. The lowest BCUT2D eigenvalue weighted by molar-refractivity contribution is 0.0697. The first-order valence-electron chi connectivity index (χ1n) is 6.25. The van der Waals surface area contributed by atoms with Crippen LogP contribution in [0.5, 0.6) is 0 Å². The molecule has 1 aromatic heterocycles. The number of halogens is 1. The summed E-state index contributed by atoms with van der Waals surface area (Å²) in [5, 5.41) is 18.4. The van der Waals surface area contributed by atoms with Crippen LogP contribution in [0.3, 0.4) is 0 Å². The highest BCUT2D eigenvalue weighted by atomic mass is 35.5. The molecular formula is C15H10ClN3O2. The van der Waals surface area contributed by atoms with E-state index < -0.39 is 5.97 Å². The summed E-state index contributed by atoms with van der Waals surface area (Å²) in [6.07, 6.45) is 1.55. The van der Waals surface area contributed by atoms with Crippen molar-refractivity contribution in [1.82, 2.24) is 4.98 Å². The number of pyridine rings is 1. The highest BCUT2D eigenvalue weighted by Gasteiger charge is 2.23. The van der Waals surface area contributed by atoms with E-state index in [0.29, 0.717) is 29.5 Å². The Morgan fingerprint density at radius 3 is 2.81 bits per heavy atom. The van der Waals surface area contributed by atoms with Gasteiger partial charge in [-0.05, 0) is 29.3 Å². The van der Waals surface area contributed by atoms with Crippen molar-refractivity contribution < 1.29 is 9.90 Å². The number of carboxylic acids is 1. The zero-order valence-electron chi connectivity index (χ0n) is 10.9. The van der Waals surface area contributed by atoms with E-state index in [4.69, 9.17) is 22.0 Å². The smallest absolute Gasteiger partial charge is 0.335 e. The number of hydrogen-bond acceptors (Lipinski definition) is 4. The highest BCUT2D eigenvalue weighted by molar-refractivity contribution is 6.34. The number of carboxylic acid groups (broad SMARTS) is 1. The topological polar surface area (TPSA) is 77.2 Å². The minimum atomic E-state index is -0.945. The molecule has 5 nitrogen and oxygen atoms in total. The summed E-state index contributed by atoms with van der Waals surface area (Å²) in [6, 6.07) is 8.66. The minimum Gasteiger partial charge on any atom is -0.478 e. The summed E-state index contributed by atoms with van der Waals surface area (Å²) in [5.41, 5.74) is 2.62. The Morgan fingerprint density at radius 1 is 1.33 bits per heavy atom. The van der Waals surface area contributed by atoms with Crippen LogP contribution in [0, 0.1) is 11.3 Å². The third-order valence-corrected chi connectivity index (χ3v) is 3.84. The number of nitrogens with zero attached hydrogens (tertiary/aromatic N) is 3. The first-order valence-corrected chi connectivity index (χ1v) is 6.62. The summed E-state index contributed by atoms with van der Waals surface area (Å²) < 4.78 is 0. The fourth-order valence-electron chi connectivity index (χ4n) is 2.42. The number of aromatic carboxylic acids is 1. The SMILES string of the molecule is N#Cc1ccnc(N2Cc3ccc(C(=O)O)cc3C2)c1Cl. The van der Waals surface area contributed by atoms with Crippen LogP contribution in [0.1, 0.15) is 27.0 Å². The first-order chi connectivity index (χ1) is 10.1.